The minimum absolute atomic E-state index is 0.00302. The quantitative estimate of drug-likeness (QED) is 0.815. The summed E-state index contributed by atoms with van der Waals surface area (Å²) in [6, 6.07) is 13.6. The second-order valence-electron chi connectivity index (χ2n) is 6.53. The average molecular weight is 389 g/mol. The summed E-state index contributed by atoms with van der Waals surface area (Å²) >= 11 is 0. The fourth-order valence-corrected chi connectivity index (χ4v) is 3.69. The highest BCUT2D eigenvalue weighted by Crippen LogP contribution is 2.20. The summed E-state index contributed by atoms with van der Waals surface area (Å²) in [7, 11) is -2.13. The number of piperidine rings is 1. The van der Waals surface area contributed by atoms with Gasteiger partial charge in [-0.15, -0.1) is 0 Å². The minimum Gasteiger partial charge on any atom is -0.497 e. The number of rotatable bonds is 5. The molecular weight excluding hydrogens is 366 g/mol. The van der Waals surface area contributed by atoms with Gasteiger partial charge >= 0.3 is 0 Å². The highest BCUT2D eigenvalue weighted by Gasteiger charge is 2.24. The molecule has 3 N–H and O–H groups in total. The highest BCUT2D eigenvalue weighted by atomic mass is 32.2. The van der Waals surface area contributed by atoms with Gasteiger partial charge in [0.2, 0.25) is 10.0 Å². The monoisotopic (exact) mass is 389 g/mol. The van der Waals surface area contributed by atoms with E-state index in [0.29, 0.717) is 18.7 Å². The van der Waals surface area contributed by atoms with Crippen molar-refractivity contribution in [1.29, 1.82) is 0 Å². The van der Waals surface area contributed by atoms with Crippen molar-refractivity contribution in [2.75, 3.05) is 25.5 Å². The zero-order valence-electron chi connectivity index (χ0n) is 15.1. The van der Waals surface area contributed by atoms with Gasteiger partial charge in [-0.05, 0) is 61.4 Å². The lowest BCUT2D eigenvalue weighted by molar-refractivity contribution is 0.0714. The van der Waals surface area contributed by atoms with Crippen LogP contribution < -0.4 is 15.2 Å². The van der Waals surface area contributed by atoms with Crippen LogP contribution in [0.1, 0.15) is 23.2 Å². The first-order valence-corrected chi connectivity index (χ1v) is 10.2. The molecule has 0 aliphatic carbocycles. The van der Waals surface area contributed by atoms with Crippen molar-refractivity contribution < 1.29 is 17.9 Å². The van der Waals surface area contributed by atoms with Gasteiger partial charge in [0.1, 0.15) is 5.75 Å². The molecule has 0 radical (unpaired) electrons. The third kappa shape index (κ3) is 4.78. The molecule has 1 aliphatic heterocycles. The number of anilines is 1. The van der Waals surface area contributed by atoms with Gasteiger partial charge in [0.25, 0.3) is 5.91 Å². The normalized spacial score (nSPS) is 17.4. The number of carbonyl (C=O) groups excluding carboxylic acids is 1. The van der Waals surface area contributed by atoms with Crippen LogP contribution in [0.2, 0.25) is 0 Å². The number of nitrogens with two attached hydrogens (primary N) is 1. The highest BCUT2D eigenvalue weighted by molar-refractivity contribution is 7.89. The number of benzene rings is 2. The van der Waals surface area contributed by atoms with Gasteiger partial charge < -0.3 is 15.0 Å². The van der Waals surface area contributed by atoms with E-state index in [1.807, 2.05) is 24.3 Å². The van der Waals surface area contributed by atoms with Gasteiger partial charge in [0, 0.05) is 30.4 Å². The van der Waals surface area contributed by atoms with Gasteiger partial charge in [-0.1, -0.05) is 0 Å². The first-order valence-electron chi connectivity index (χ1n) is 8.69. The summed E-state index contributed by atoms with van der Waals surface area (Å²) in [5.74, 6) is 0.682. The maximum absolute atomic E-state index is 12.7. The molecule has 0 aromatic heterocycles. The molecule has 0 bridgehead atoms. The van der Waals surface area contributed by atoms with Crippen molar-refractivity contribution in [3.05, 3.63) is 54.1 Å². The molecule has 1 fully saturated rings. The molecule has 2 aromatic rings. The molecule has 1 atom stereocenters. The number of amides is 1. The second kappa shape index (κ2) is 7.98. The molecule has 0 saturated carbocycles. The van der Waals surface area contributed by atoms with Crippen LogP contribution in [0.4, 0.5) is 5.69 Å². The van der Waals surface area contributed by atoms with Gasteiger partial charge in [-0.3, -0.25) is 4.79 Å². The zero-order valence-corrected chi connectivity index (χ0v) is 15.9. The van der Waals surface area contributed by atoms with Crippen LogP contribution in [0.3, 0.4) is 0 Å². The van der Waals surface area contributed by atoms with E-state index >= 15 is 0 Å². The van der Waals surface area contributed by atoms with Gasteiger partial charge in [0.05, 0.1) is 12.0 Å². The Morgan fingerprint density at radius 2 is 1.81 bits per heavy atom. The first-order chi connectivity index (χ1) is 12.9. The second-order valence-corrected chi connectivity index (χ2v) is 8.09. The van der Waals surface area contributed by atoms with E-state index in [4.69, 9.17) is 9.88 Å². The number of hydrogen-bond acceptors (Lipinski definition) is 5. The molecule has 1 aliphatic rings. The Morgan fingerprint density at radius 3 is 2.41 bits per heavy atom. The Labute approximate surface area is 159 Å². The summed E-state index contributed by atoms with van der Waals surface area (Å²) in [5, 5.41) is 8.55. The Balaban J connectivity index is 1.65. The van der Waals surface area contributed by atoms with Crippen LogP contribution in [0, 0.1) is 0 Å². The lowest BCUT2D eigenvalue weighted by Crippen LogP contribution is -2.45. The standard InChI is InChI=1S/C19H23N3O4S/c1-26-17-8-6-15(7-9-17)21-16-3-2-12-22(13-16)19(23)14-4-10-18(11-5-14)27(20,24)25/h4-11,16,21H,2-3,12-13H2,1H3,(H2,20,24,25). The van der Waals surface area contributed by atoms with Crippen LogP contribution in [0.5, 0.6) is 5.75 Å². The van der Waals surface area contributed by atoms with E-state index < -0.39 is 10.0 Å². The number of likely N-dealkylation sites (tertiary alicyclic amines) is 1. The number of ether oxygens (including phenoxy) is 1. The number of primary sulfonamides is 1. The largest absolute Gasteiger partial charge is 0.497 e. The lowest BCUT2D eigenvalue weighted by Gasteiger charge is -2.33. The summed E-state index contributed by atoms with van der Waals surface area (Å²) in [6.07, 6.45) is 1.87. The third-order valence-corrected chi connectivity index (χ3v) is 5.53. The molecule has 8 heteroatoms. The van der Waals surface area contributed by atoms with Crippen LogP contribution in [0.25, 0.3) is 0 Å². The SMILES string of the molecule is COc1ccc(NC2CCCN(C(=O)c3ccc(S(N)(=O)=O)cc3)C2)cc1. The molecule has 7 nitrogen and oxygen atoms in total. The third-order valence-electron chi connectivity index (χ3n) is 4.60. The fraction of sp³-hybridized carbons (Fsp3) is 0.316. The summed E-state index contributed by atoms with van der Waals surface area (Å²) in [6.45, 7) is 1.26. The van der Waals surface area contributed by atoms with Crippen molar-refractivity contribution in [2.24, 2.45) is 5.14 Å². The molecule has 1 heterocycles. The van der Waals surface area contributed by atoms with Crippen molar-refractivity contribution in [2.45, 2.75) is 23.8 Å². The summed E-state index contributed by atoms with van der Waals surface area (Å²) < 4.78 is 27.8. The Bertz CT molecular complexity index is 896. The zero-order chi connectivity index (χ0) is 19.4. The van der Waals surface area contributed by atoms with Crippen LogP contribution in [-0.4, -0.2) is 45.5 Å². The van der Waals surface area contributed by atoms with E-state index in [1.54, 1.807) is 12.0 Å². The van der Waals surface area contributed by atoms with Crippen molar-refractivity contribution in [3.63, 3.8) is 0 Å². The molecule has 1 unspecified atom stereocenters. The molecule has 2 aromatic carbocycles. The maximum Gasteiger partial charge on any atom is 0.253 e. The molecule has 27 heavy (non-hydrogen) atoms. The topological polar surface area (TPSA) is 102 Å². The van der Waals surface area contributed by atoms with E-state index in [0.717, 1.165) is 24.3 Å². The van der Waals surface area contributed by atoms with E-state index in [9.17, 15) is 13.2 Å². The first kappa shape index (κ1) is 19.2. The smallest absolute Gasteiger partial charge is 0.253 e. The van der Waals surface area contributed by atoms with Crippen molar-refractivity contribution >= 4 is 21.6 Å². The van der Waals surface area contributed by atoms with Crippen LogP contribution in [-0.2, 0) is 10.0 Å². The van der Waals surface area contributed by atoms with E-state index in [-0.39, 0.29) is 16.8 Å². The number of nitrogens with zero attached hydrogens (tertiary/aromatic N) is 1. The molecular formula is C19H23N3O4S. The predicted octanol–water partition coefficient (Wildman–Crippen LogP) is 2.06. The molecule has 1 amide bonds. The number of sulfonamides is 1. The molecule has 144 valence electrons. The fourth-order valence-electron chi connectivity index (χ4n) is 3.17. The van der Waals surface area contributed by atoms with E-state index in [2.05, 4.69) is 5.32 Å². The molecule has 3 rings (SSSR count). The maximum atomic E-state index is 12.7. The van der Waals surface area contributed by atoms with Crippen molar-refractivity contribution in [3.8, 4) is 5.75 Å². The van der Waals surface area contributed by atoms with Crippen LogP contribution >= 0.6 is 0 Å². The Hall–Kier alpha value is -2.58. The molecule has 0 spiro atoms. The van der Waals surface area contributed by atoms with Crippen LogP contribution in [0.15, 0.2) is 53.4 Å². The number of hydrogen-bond donors (Lipinski definition) is 2. The summed E-state index contributed by atoms with van der Waals surface area (Å²) in [5.41, 5.74) is 1.43. The van der Waals surface area contributed by atoms with Gasteiger partial charge in [-0.25, -0.2) is 13.6 Å². The van der Waals surface area contributed by atoms with Gasteiger partial charge in [0.15, 0.2) is 0 Å². The minimum atomic E-state index is -3.76. The molecule has 1 saturated heterocycles. The lowest BCUT2D eigenvalue weighted by atomic mass is 10.0. The van der Waals surface area contributed by atoms with Gasteiger partial charge in [-0.2, -0.15) is 0 Å². The Morgan fingerprint density at radius 1 is 1.15 bits per heavy atom. The van der Waals surface area contributed by atoms with Crippen molar-refractivity contribution in [1.82, 2.24) is 4.90 Å². The Kier molecular flexibility index (Phi) is 5.67. The average Bonchev–Trinajstić information content (AvgIpc) is 2.68. The van der Waals surface area contributed by atoms with E-state index in [1.165, 1.54) is 24.3 Å². The number of nitrogens with one attached hydrogen (secondary N) is 1. The summed E-state index contributed by atoms with van der Waals surface area (Å²) in [4.78, 5) is 14.5. The number of methoxy groups -OCH3 is 1. The number of carbonyl (C=O) groups is 1. The predicted molar refractivity (Wildman–Crippen MR) is 103 cm³/mol.